The lowest BCUT2D eigenvalue weighted by molar-refractivity contribution is 0.112. The molecular formula is C17H17BrO2. The summed E-state index contributed by atoms with van der Waals surface area (Å²) < 4.78 is 6.86. The van der Waals surface area contributed by atoms with Crippen LogP contribution in [-0.4, -0.2) is 6.29 Å². The van der Waals surface area contributed by atoms with Crippen LogP contribution in [-0.2, 0) is 0 Å². The molecule has 2 aromatic rings. The highest BCUT2D eigenvalue weighted by Gasteiger charge is 2.12. The van der Waals surface area contributed by atoms with Crippen LogP contribution in [0.2, 0.25) is 0 Å². The third kappa shape index (κ3) is 3.28. The van der Waals surface area contributed by atoms with Gasteiger partial charge in [-0.25, -0.2) is 0 Å². The Balaban J connectivity index is 2.40. The van der Waals surface area contributed by atoms with Gasteiger partial charge in [0.15, 0.2) is 6.29 Å². The largest absolute Gasteiger partial charge is 0.456 e. The van der Waals surface area contributed by atoms with Gasteiger partial charge in [0.2, 0.25) is 0 Å². The number of aldehydes is 1. The molecule has 104 valence electrons. The zero-order valence-electron chi connectivity index (χ0n) is 11.6. The summed E-state index contributed by atoms with van der Waals surface area (Å²) in [5.41, 5.74) is 1.71. The number of hydrogen-bond acceptors (Lipinski definition) is 2. The van der Waals surface area contributed by atoms with Crippen LogP contribution >= 0.6 is 15.9 Å². The van der Waals surface area contributed by atoms with Crippen LogP contribution < -0.4 is 4.74 Å². The van der Waals surface area contributed by atoms with E-state index in [-0.39, 0.29) is 0 Å². The van der Waals surface area contributed by atoms with Gasteiger partial charge in [0, 0.05) is 4.47 Å². The van der Waals surface area contributed by atoms with E-state index in [2.05, 4.69) is 35.8 Å². The van der Waals surface area contributed by atoms with E-state index in [4.69, 9.17) is 4.74 Å². The minimum atomic E-state index is 0.415. The maximum atomic E-state index is 11.1. The molecule has 0 N–H and O–H groups in total. The number of carbonyl (C=O) groups excluding carboxylic acids is 1. The molecule has 2 rings (SSSR count). The van der Waals surface area contributed by atoms with Crippen molar-refractivity contribution in [2.24, 2.45) is 0 Å². The average Bonchev–Trinajstić information content (AvgIpc) is 2.47. The minimum Gasteiger partial charge on any atom is -0.456 e. The van der Waals surface area contributed by atoms with Crippen LogP contribution in [0.3, 0.4) is 0 Å². The third-order valence-corrected chi connectivity index (χ3v) is 3.88. The quantitative estimate of drug-likeness (QED) is 0.669. The zero-order valence-corrected chi connectivity index (χ0v) is 13.2. The van der Waals surface area contributed by atoms with Crippen molar-refractivity contribution in [3.05, 3.63) is 58.1 Å². The van der Waals surface area contributed by atoms with E-state index in [0.29, 0.717) is 17.2 Å². The van der Waals surface area contributed by atoms with Gasteiger partial charge in [-0.15, -0.1) is 0 Å². The molecule has 0 aliphatic heterocycles. The van der Waals surface area contributed by atoms with Gasteiger partial charge in [-0.3, -0.25) is 4.79 Å². The van der Waals surface area contributed by atoms with Crippen LogP contribution in [0.4, 0.5) is 0 Å². The third-order valence-electron chi connectivity index (χ3n) is 3.38. The van der Waals surface area contributed by atoms with Gasteiger partial charge in [0.25, 0.3) is 0 Å². The van der Waals surface area contributed by atoms with E-state index >= 15 is 0 Å². The Kier molecular flexibility index (Phi) is 4.96. The highest BCUT2D eigenvalue weighted by Crippen LogP contribution is 2.34. The van der Waals surface area contributed by atoms with Crippen molar-refractivity contribution in [2.75, 3.05) is 0 Å². The second-order valence-electron chi connectivity index (χ2n) is 4.75. The van der Waals surface area contributed by atoms with E-state index in [1.165, 1.54) is 0 Å². The van der Waals surface area contributed by atoms with Crippen LogP contribution in [0.5, 0.6) is 11.5 Å². The van der Waals surface area contributed by atoms with Crippen molar-refractivity contribution in [3.63, 3.8) is 0 Å². The van der Waals surface area contributed by atoms with Crippen LogP contribution in [0.15, 0.2) is 46.9 Å². The summed E-state index contributed by atoms with van der Waals surface area (Å²) in [6, 6.07) is 13.4. The first kappa shape index (κ1) is 14.8. The number of hydrogen-bond donors (Lipinski definition) is 0. The van der Waals surface area contributed by atoms with E-state index in [1.807, 2.05) is 30.3 Å². The lowest BCUT2D eigenvalue weighted by Crippen LogP contribution is -1.97. The van der Waals surface area contributed by atoms with Crippen molar-refractivity contribution in [1.29, 1.82) is 0 Å². The predicted octanol–water partition coefficient (Wildman–Crippen LogP) is 5.57. The monoisotopic (exact) mass is 332 g/mol. The van der Waals surface area contributed by atoms with Crippen molar-refractivity contribution >= 4 is 22.2 Å². The summed E-state index contributed by atoms with van der Waals surface area (Å²) in [4.78, 5) is 11.1. The SMILES string of the molecule is CCC(C)c1ccccc1Oc1cc(Br)ccc1C=O. The standard InChI is InChI=1S/C17H17BrO2/c1-3-12(2)15-6-4-5-7-16(15)20-17-10-14(18)9-8-13(17)11-19/h4-12H,3H2,1-2H3. The van der Waals surface area contributed by atoms with Gasteiger partial charge in [-0.2, -0.15) is 0 Å². The van der Waals surface area contributed by atoms with E-state index in [0.717, 1.165) is 28.5 Å². The van der Waals surface area contributed by atoms with Gasteiger partial charge in [-0.05, 0) is 42.2 Å². The number of benzene rings is 2. The molecule has 0 bridgehead atoms. The molecule has 0 saturated heterocycles. The average molecular weight is 333 g/mol. The molecule has 0 radical (unpaired) electrons. The van der Waals surface area contributed by atoms with Gasteiger partial charge in [0.1, 0.15) is 11.5 Å². The fraction of sp³-hybridized carbons (Fsp3) is 0.235. The Bertz CT molecular complexity index is 608. The molecule has 0 aliphatic carbocycles. The molecule has 0 spiro atoms. The summed E-state index contributed by atoms with van der Waals surface area (Å²) in [5, 5.41) is 0. The Morgan fingerprint density at radius 1 is 1.20 bits per heavy atom. The van der Waals surface area contributed by atoms with Crippen molar-refractivity contribution in [2.45, 2.75) is 26.2 Å². The van der Waals surface area contributed by atoms with Crippen LogP contribution in [0.1, 0.15) is 42.1 Å². The van der Waals surface area contributed by atoms with Gasteiger partial charge < -0.3 is 4.74 Å². The topological polar surface area (TPSA) is 26.3 Å². The van der Waals surface area contributed by atoms with Gasteiger partial charge in [0.05, 0.1) is 5.56 Å². The smallest absolute Gasteiger partial charge is 0.153 e. The molecule has 2 aromatic carbocycles. The lowest BCUT2D eigenvalue weighted by Gasteiger charge is -2.16. The molecule has 0 fully saturated rings. The second kappa shape index (κ2) is 6.71. The highest BCUT2D eigenvalue weighted by atomic mass is 79.9. The number of rotatable bonds is 5. The Hall–Kier alpha value is -1.61. The summed E-state index contributed by atoms with van der Waals surface area (Å²) in [6.45, 7) is 4.32. The first-order chi connectivity index (χ1) is 9.65. The second-order valence-corrected chi connectivity index (χ2v) is 5.66. The molecule has 1 unspecified atom stereocenters. The molecule has 0 aromatic heterocycles. The van der Waals surface area contributed by atoms with E-state index in [9.17, 15) is 4.79 Å². The fourth-order valence-corrected chi connectivity index (χ4v) is 2.35. The number of ether oxygens (including phenoxy) is 1. The Morgan fingerprint density at radius 2 is 1.95 bits per heavy atom. The molecule has 0 heterocycles. The molecular weight excluding hydrogens is 316 g/mol. The lowest BCUT2D eigenvalue weighted by atomic mass is 9.98. The number of halogens is 1. The first-order valence-corrected chi connectivity index (χ1v) is 7.46. The Labute approximate surface area is 127 Å². The normalized spacial score (nSPS) is 11.9. The van der Waals surface area contributed by atoms with Crippen molar-refractivity contribution < 1.29 is 9.53 Å². The van der Waals surface area contributed by atoms with E-state index in [1.54, 1.807) is 6.07 Å². The maximum Gasteiger partial charge on any atom is 0.153 e. The zero-order chi connectivity index (χ0) is 14.5. The summed E-state index contributed by atoms with van der Waals surface area (Å²) in [6.07, 6.45) is 1.85. The maximum absolute atomic E-state index is 11.1. The number of para-hydroxylation sites is 1. The fourth-order valence-electron chi connectivity index (χ4n) is 2.01. The summed E-state index contributed by atoms with van der Waals surface area (Å²) in [7, 11) is 0. The van der Waals surface area contributed by atoms with Crippen molar-refractivity contribution in [3.8, 4) is 11.5 Å². The van der Waals surface area contributed by atoms with Gasteiger partial charge in [-0.1, -0.05) is 48.0 Å². The molecule has 20 heavy (non-hydrogen) atoms. The summed E-state index contributed by atoms with van der Waals surface area (Å²) in [5.74, 6) is 1.80. The molecule has 0 amide bonds. The molecule has 0 saturated carbocycles. The van der Waals surface area contributed by atoms with Crippen LogP contribution in [0.25, 0.3) is 0 Å². The molecule has 3 heteroatoms. The Morgan fingerprint density at radius 3 is 2.65 bits per heavy atom. The molecule has 2 nitrogen and oxygen atoms in total. The summed E-state index contributed by atoms with van der Waals surface area (Å²) >= 11 is 3.40. The van der Waals surface area contributed by atoms with Crippen molar-refractivity contribution in [1.82, 2.24) is 0 Å². The number of carbonyl (C=O) groups is 1. The van der Waals surface area contributed by atoms with Crippen LogP contribution in [0, 0.1) is 0 Å². The minimum absolute atomic E-state index is 0.415. The highest BCUT2D eigenvalue weighted by molar-refractivity contribution is 9.10. The molecule has 1 atom stereocenters. The first-order valence-electron chi connectivity index (χ1n) is 6.67. The molecule has 0 aliphatic rings. The predicted molar refractivity (Wildman–Crippen MR) is 84.8 cm³/mol. The van der Waals surface area contributed by atoms with E-state index < -0.39 is 0 Å². The van der Waals surface area contributed by atoms with Gasteiger partial charge >= 0.3 is 0 Å².